The summed E-state index contributed by atoms with van der Waals surface area (Å²) in [6.07, 6.45) is 1.07. The highest BCUT2D eigenvalue weighted by Crippen LogP contribution is 2.27. The lowest BCUT2D eigenvalue weighted by atomic mass is 10.1. The zero-order valence-corrected chi connectivity index (χ0v) is 13.6. The first-order valence-electron chi connectivity index (χ1n) is 7.66. The number of anilines is 1. The van der Waals surface area contributed by atoms with Crippen LogP contribution >= 0.6 is 0 Å². The van der Waals surface area contributed by atoms with Gasteiger partial charge in [0.25, 0.3) is 0 Å². The molecule has 1 atom stereocenters. The van der Waals surface area contributed by atoms with E-state index in [2.05, 4.69) is 31.0 Å². The molecule has 1 aromatic carbocycles. The van der Waals surface area contributed by atoms with Gasteiger partial charge >= 0.3 is 0 Å². The third-order valence-corrected chi connectivity index (χ3v) is 3.86. The maximum absolute atomic E-state index is 14.3. The molecule has 0 amide bonds. The topological polar surface area (TPSA) is 24.5 Å². The van der Waals surface area contributed by atoms with Crippen LogP contribution in [0.25, 0.3) is 0 Å². The summed E-state index contributed by atoms with van der Waals surface area (Å²) in [7, 11) is 1.72. The molecule has 118 valence electrons. The zero-order valence-electron chi connectivity index (χ0n) is 13.6. The molecule has 0 aromatic heterocycles. The van der Waals surface area contributed by atoms with Crippen molar-refractivity contribution in [2.75, 3.05) is 31.7 Å². The van der Waals surface area contributed by atoms with Gasteiger partial charge in [0, 0.05) is 38.2 Å². The average molecular weight is 294 g/mol. The summed E-state index contributed by atoms with van der Waals surface area (Å²) in [6, 6.07) is 5.57. The summed E-state index contributed by atoms with van der Waals surface area (Å²) in [6.45, 7) is 9.56. The van der Waals surface area contributed by atoms with E-state index in [-0.39, 0.29) is 11.4 Å². The summed E-state index contributed by atoms with van der Waals surface area (Å²) < 4.78 is 19.5. The Labute approximate surface area is 127 Å². The van der Waals surface area contributed by atoms with Gasteiger partial charge in [-0.15, -0.1) is 0 Å². The van der Waals surface area contributed by atoms with Gasteiger partial charge < -0.3 is 15.0 Å². The molecular weight excluding hydrogens is 267 g/mol. The van der Waals surface area contributed by atoms with Crippen molar-refractivity contribution in [3.63, 3.8) is 0 Å². The molecule has 0 radical (unpaired) electrons. The number of nitrogens with one attached hydrogen (secondary N) is 1. The van der Waals surface area contributed by atoms with E-state index in [1.807, 2.05) is 12.1 Å². The number of ether oxygens (including phenoxy) is 1. The lowest BCUT2D eigenvalue weighted by molar-refractivity contribution is 0.161. The van der Waals surface area contributed by atoms with Crippen LogP contribution in [0.2, 0.25) is 0 Å². The summed E-state index contributed by atoms with van der Waals surface area (Å²) in [5, 5.41) is 3.38. The van der Waals surface area contributed by atoms with Crippen LogP contribution in [0.4, 0.5) is 10.1 Å². The number of rotatable bonds is 5. The molecule has 0 bridgehead atoms. The lowest BCUT2D eigenvalue weighted by Crippen LogP contribution is -2.35. The fourth-order valence-corrected chi connectivity index (χ4v) is 2.71. The molecule has 1 fully saturated rings. The Balaban J connectivity index is 1.99. The van der Waals surface area contributed by atoms with Crippen LogP contribution in [0, 0.1) is 11.7 Å². The molecule has 0 aliphatic carbocycles. The van der Waals surface area contributed by atoms with Gasteiger partial charge in [0.2, 0.25) is 0 Å². The Morgan fingerprint density at radius 1 is 1.38 bits per heavy atom. The van der Waals surface area contributed by atoms with Crippen molar-refractivity contribution in [2.24, 2.45) is 5.92 Å². The number of hydrogen-bond acceptors (Lipinski definition) is 3. The molecule has 2 rings (SSSR count). The predicted molar refractivity (Wildman–Crippen MR) is 85.2 cm³/mol. The van der Waals surface area contributed by atoms with Crippen LogP contribution in [0.3, 0.4) is 0 Å². The van der Waals surface area contributed by atoms with Crippen molar-refractivity contribution >= 4 is 5.69 Å². The van der Waals surface area contributed by atoms with Crippen LogP contribution in [-0.2, 0) is 11.3 Å². The summed E-state index contributed by atoms with van der Waals surface area (Å²) >= 11 is 0. The van der Waals surface area contributed by atoms with Crippen LogP contribution in [0.1, 0.15) is 32.8 Å². The van der Waals surface area contributed by atoms with Gasteiger partial charge in [-0.2, -0.15) is 0 Å². The Morgan fingerprint density at radius 3 is 2.76 bits per heavy atom. The standard InChI is InChI=1S/C17H27FN2O/c1-17(2,3)19-10-13-5-6-16(15(18)9-13)20-8-7-14(11-20)12-21-4/h5-6,9,14,19H,7-8,10-12H2,1-4H3. The molecule has 1 N–H and O–H groups in total. The Kier molecular flexibility index (Phi) is 5.22. The molecule has 1 unspecified atom stereocenters. The van der Waals surface area contributed by atoms with E-state index in [1.165, 1.54) is 0 Å². The second-order valence-electron chi connectivity index (χ2n) is 6.95. The molecule has 0 spiro atoms. The second-order valence-corrected chi connectivity index (χ2v) is 6.95. The maximum Gasteiger partial charge on any atom is 0.146 e. The highest BCUT2D eigenvalue weighted by atomic mass is 19.1. The van der Waals surface area contributed by atoms with Crippen molar-refractivity contribution in [1.82, 2.24) is 5.32 Å². The molecule has 3 nitrogen and oxygen atoms in total. The van der Waals surface area contributed by atoms with E-state index < -0.39 is 0 Å². The quantitative estimate of drug-likeness (QED) is 0.902. The fourth-order valence-electron chi connectivity index (χ4n) is 2.71. The largest absolute Gasteiger partial charge is 0.384 e. The number of benzene rings is 1. The molecule has 0 saturated carbocycles. The van der Waals surface area contributed by atoms with Crippen molar-refractivity contribution in [1.29, 1.82) is 0 Å². The van der Waals surface area contributed by atoms with E-state index >= 15 is 0 Å². The maximum atomic E-state index is 14.3. The van der Waals surface area contributed by atoms with E-state index in [4.69, 9.17) is 4.74 Å². The minimum Gasteiger partial charge on any atom is -0.384 e. The molecular formula is C17H27FN2O. The monoisotopic (exact) mass is 294 g/mol. The molecule has 1 aromatic rings. The van der Waals surface area contributed by atoms with Gasteiger partial charge in [-0.05, 0) is 44.9 Å². The van der Waals surface area contributed by atoms with Gasteiger partial charge in [0.1, 0.15) is 5.82 Å². The Hall–Kier alpha value is -1.13. The molecule has 4 heteroatoms. The first-order chi connectivity index (χ1) is 9.89. The number of methoxy groups -OCH3 is 1. The van der Waals surface area contributed by atoms with E-state index in [0.717, 1.165) is 31.7 Å². The van der Waals surface area contributed by atoms with Gasteiger partial charge in [-0.1, -0.05) is 6.07 Å². The molecule has 1 saturated heterocycles. The van der Waals surface area contributed by atoms with Crippen LogP contribution in [0.5, 0.6) is 0 Å². The van der Waals surface area contributed by atoms with Gasteiger partial charge in [-0.3, -0.25) is 0 Å². The van der Waals surface area contributed by atoms with Crippen LogP contribution in [0.15, 0.2) is 18.2 Å². The summed E-state index contributed by atoms with van der Waals surface area (Å²) in [5.74, 6) is 0.387. The lowest BCUT2D eigenvalue weighted by Gasteiger charge is -2.22. The smallest absolute Gasteiger partial charge is 0.146 e. The normalized spacial score (nSPS) is 19.3. The summed E-state index contributed by atoms with van der Waals surface area (Å²) in [5.41, 5.74) is 1.74. The van der Waals surface area contributed by atoms with Crippen LogP contribution in [-0.4, -0.2) is 32.3 Å². The Morgan fingerprint density at radius 2 is 2.14 bits per heavy atom. The second kappa shape index (κ2) is 6.75. The van der Waals surface area contributed by atoms with Crippen molar-refractivity contribution in [2.45, 2.75) is 39.3 Å². The zero-order chi connectivity index (χ0) is 15.5. The number of halogens is 1. The third-order valence-electron chi connectivity index (χ3n) is 3.86. The first-order valence-corrected chi connectivity index (χ1v) is 7.66. The van der Waals surface area contributed by atoms with Gasteiger partial charge in [0.05, 0.1) is 12.3 Å². The number of hydrogen-bond donors (Lipinski definition) is 1. The molecule has 21 heavy (non-hydrogen) atoms. The first kappa shape index (κ1) is 16.2. The molecule has 1 aliphatic heterocycles. The van der Waals surface area contributed by atoms with E-state index in [9.17, 15) is 4.39 Å². The average Bonchev–Trinajstić information content (AvgIpc) is 2.84. The predicted octanol–water partition coefficient (Wildman–Crippen LogP) is 3.19. The van der Waals surface area contributed by atoms with Crippen LogP contribution < -0.4 is 10.2 Å². The van der Waals surface area contributed by atoms with E-state index in [1.54, 1.807) is 13.2 Å². The fraction of sp³-hybridized carbons (Fsp3) is 0.647. The van der Waals surface area contributed by atoms with E-state index in [0.29, 0.717) is 18.2 Å². The highest BCUT2D eigenvalue weighted by molar-refractivity contribution is 5.50. The van der Waals surface area contributed by atoms with Gasteiger partial charge in [0.15, 0.2) is 0 Å². The van der Waals surface area contributed by atoms with Gasteiger partial charge in [-0.25, -0.2) is 4.39 Å². The minimum atomic E-state index is -0.124. The number of nitrogens with zero attached hydrogens (tertiary/aromatic N) is 1. The molecule has 1 aliphatic rings. The Bertz CT molecular complexity index is 470. The SMILES string of the molecule is COCC1CCN(c2ccc(CNC(C)(C)C)cc2F)C1. The molecule has 1 heterocycles. The summed E-state index contributed by atoms with van der Waals surface area (Å²) in [4.78, 5) is 2.12. The minimum absolute atomic E-state index is 0.0392. The van der Waals surface area contributed by atoms with Crippen molar-refractivity contribution in [3.05, 3.63) is 29.6 Å². The van der Waals surface area contributed by atoms with Crippen molar-refractivity contribution in [3.8, 4) is 0 Å². The highest BCUT2D eigenvalue weighted by Gasteiger charge is 2.24. The van der Waals surface area contributed by atoms with Crippen molar-refractivity contribution < 1.29 is 9.13 Å². The third kappa shape index (κ3) is 4.68.